The maximum Gasteiger partial charge on any atom is 0.409 e. The number of amides is 3. The molecule has 0 radical (unpaired) electrons. The molecular formula is C37H42N10O7. The number of rotatable bonds is 11. The minimum absolute atomic E-state index is 0.000809. The van der Waals surface area contributed by atoms with Gasteiger partial charge in [-0.2, -0.15) is 15.5 Å². The molecule has 17 nitrogen and oxygen atoms in total. The highest BCUT2D eigenvalue weighted by atomic mass is 16.6. The SMILES string of the molecule is Cc1cc(N=Nc2ccc(O)c(C(=O)O)c2)ccc1COC(=O)N(C)CCN(C)C(=O)n1ccc2c(N(C)[C@H]3CN(C(=O)CC#N)CC[C@H]3C)ncnc21. The van der Waals surface area contributed by atoms with E-state index in [9.17, 15) is 29.4 Å². The summed E-state index contributed by atoms with van der Waals surface area (Å²) in [6, 6.07) is 12.4. The number of hydrogen-bond donors (Lipinski definition) is 2. The molecule has 0 saturated carbocycles. The number of hydrogen-bond acceptors (Lipinski definition) is 12. The lowest BCUT2D eigenvalue weighted by atomic mass is 9.92. The van der Waals surface area contributed by atoms with Crippen LogP contribution in [0.25, 0.3) is 11.0 Å². The topological polar surface area (TPSA) is 210 Å². The Hall–Kier alpha value is -6.57. The van der Waals surface area contributed by atoms with Gasteiger partial charge in [0, 0.05) is 53.5 Å². The molecule has 2 aromatic carbocycles. The zero-order chi connectivity index (χ0) is 39.1. The number of carbonyl (C=O) groups excluding carboxylic acids is 3. The summed E-state index contributed by atoms with van der Waals surface area (Å²) in [5.74, 6) is -0.949. The van der Waals surface area contributed by atoms with Crippen molar-refractivity contribution in [1.82, 2.24) is 29.2 Å². The first-order valence-electron chi connectivity index (χ1n) is 17.2. The number of anilines is 1. The number of aryl methyl sites for hydroxylation is 1. The van der Waals surface area contributed by atoms with Gasteiger partial charge in [-0.25, -0.2) is 24.4 Å². The second-order valence-corrected chi connectivity index (χ2v) is 13.2. The number of phenols is 1. The van der Waals surface area contributed by atoms with Crippen molar-refractivity contribution in [2.24, 2.45) is 16.1 Å². The first-order chi connectivity index (χ1) is 25.8. The van der Waals surface area contributed by atoms with Crippen molar-refractivity contribution in [3.8, 4) is 11.8 Å². The average Bonchev–Trinajstić information content (AvgIpc) is 3.60. The number of aromatic carboxylic acids is 1. The van der Waals surface area contributed by atoms with Crippen LogP contribution in [0, 0.1) is 24.2 Å². The Morgan fingerprint density at radius 1 is 1.02 bits per heavy atom. The largest absolute Gasteiger partial charge is 0.507 e. The van der Waals surface area contributed by atoms with Crippen molar-refractivity contribution >= 4 is 52.2 Å². The molecule has 282 valence electrons. The smallest absolute Gasteiger partial charge is 0.409 e. The third kappa shape index (κ3) is 8.72. The monoisotopic (exact) mass is 738 g/mol. The number of nitrogens with zero attached hydrogens (tertiary/aromatic N) is 10. The van der Waals surface area contributed by atoms with Crippen LogP contribution in [0.15, 0.2) is 65.2 Å². The number of likely N-dealkylation sites (tertiary alicyclic amines) is 1. The molecule has 3 heterocycles. The number of carboxylic acid groups (broad SMARTS) is 1. The van der Waals surface area contributed by atoms with E-state index < -0.39 is 12.1 Å². The normalized spacial score (nSPS) is 15.5. The zero-order valence-corrected chi connectivity index (χ0v) is 30.7. The lowest BCUT2D eigenvalue weighted by Gasteiger charge is -2.42. The zero-order valence-electron chi connectivity index (χ0n) is 30.7. The fourth-order valence-electron chi connectivity index (χ4n) is 6.19. The van der Waals surface area contributed by atoms with Crippen molar-refractivity contribution in [2.75, 3.05) is 52.2 Å². The molecule has 0 aliphatic carbocycles. The Balaban J connectivity index is 1.15. The summed E-state index contributed by atoms with van der Waals surface area (Å²) in [7, 11) is 5.12. The molecule has 1 fully saturated rings. The average molecular weight is 739 g/mol. The number of aromatic nitrogens is 3. The van der Waals surface area contributed by atoms with Crippen LogP contribution in [0.2, 0.25) is 0 Å². The molecule has 1 aliphatic rings. The molecule has 1 saturated heterocycles. The van der Waals surface area contributed by atoms with Crippen LogP contribution in [-0.2, 0) is 16.1 Å². The summed E-state index contributed by atoms with van der Waals surface area (Å²) in [6.07, 6.45) is 3.10. The summed E-state index contributed by atoms with van der Waals surface area (Å²) in [6.45, 7) is 5.43. The molecule has 3 amide bonds. The van der Waals surface area contributed by atoms with Crippen LogP contribution < -0.4 is 4.90 Å². The van der Waals surface area contributed by atoms with E-state index in [0.717, 1.165) is 17.5 Å². The molecule has 2 atom stereocenters. The number of nitriles is 1. The van der Waals surface area contributed by atoms with Crippen LogP contribution in [-0.4, -0.2) is 117 Å². The van der Waals surface area contributed by atoms with E-state index in [2.05, 4.69) is 27.1 Å². The van der Waals surface area contributed by atoms with Gasteiger partial charge in [0.25, 0.3) is 0 Å². The number of ether oxygens (including phenoxy) is 1. The molecule has 1 aliphatic heterocycles. The maximum absolute atomic E-state index is 13.5. The Morgan fingerprint density at radius 3 is 2.43 bits per heavy atom. The van der Waals surface area contributed by atoms with Gasteiger partial charge in [0.2, 0.25) is 5.91 Å². The minimum Gasteiger partial charge on any atom is -0.507 e. The van der Waals surface area contributed by atoms with Crippen LogP contribution in [0.3, 0.4) is 0 Å². The second-order valence-electron chi connectivity index (χ2n) is 13.2. The number of benzene rings is 2. The van der Waals surface area contributed by atoms with E-state index in [1.807, 2.05) is 24.9 Å². The van der Waals surface area contributed by atoms with Gasteiger partial charge < -0.3 is 34.5 Å². The number of fused-ring (bicyclic) bond motifs is 1. The van der Waals surface area contributed by atoms with Crippen molar-refractivity contribution in [3.63, 3.8) is 0 Å². The second kappa shape index (κ2) is 16.8. The number of piperidine rings is 1. The van der Waals surface area contributed by atoms with E-state index in [4.69, 9.17) is 10.00 Å². The summed E-state index contributed by atoms with van der Waals surface area (Å²) in [5.41, 5.74) is 2.44. The predicted molar refractivity (Wildman–Crippen MR) is 197 cm³/mol. The van der Waals surface area contributed by atoms with E-state index in [1.54, 1.807) is 49.5 Å². The van der Waals surface area contributed by atoms with Crippen LogP contribution in [0.4, 0.5) is 26.8 Å². The fourth-order valence-corrected chi connectivity index (χ4v) is 6.19. The molecule has 0 unspecified atom stereocenters. The van der Waals surface area contributed by atoms with Crippen LogP contribution in [0.1, 0.15) is 41.3 Å². The molecular weight excluding hydrogens is 696 g/mol. The van der Waals surface area contributed by atoms with Gasteiger partial charge in [0.1, 0.15) is 36.5 Å². The van der Waals surface area contributed by atoms with Gasteiger partial charge in [-0.3, -0.25) is 9.36 Å². The molecule has 0 bridgehead atoms. The molecule has 54 heavy (non-hydrogen) atoms. The van der Waals surface area contributed by atoms with Crippen molar-refractivity contribution < 1.29 is 34.1 Å². The summed E-state index contributed by atoms with van der Waals surface area (Å²) >= 11 is 0. The molecule has 0 spiro atoms. The molecule has 17 heteroatoms. The van der Waals surface area contributed by atoms with Gasteiger partial charge in [-0.15, -0.1) is 0 Å². The number of likely N-dealkylation sites (N-methyl/N-ethyl adjacent to an activating group) is 3. The fraction of sp³-hybridized carbons (Fsp3) is 0.378. The highest BCUT2D eigenvalue weighted by Gasteiger charge is 2.33. The van der Waals surface area contributed by atoms with Gasteiger partial charge in [-0.1, -0.05) is 13.0 Å². The first-order valence-corrected chi connectivity index (χ1v) is 17.2. The van der Waals surface area contributed by atoms with Crippen LogP contribution >= 0.6 is 0 Å². The van der Waals surface area contributed by atoms with Crippen molar-refractivity contribution in [1.29, 1.82) is 5.26 Å². The number of azo groups is 1. The number of carbonyl (C=O) groups is 4. The van der Waals surface area contributed by atoms with E-state index in [-0.39, 0.29) is 67.0 Å². The van der Waals surface area contributed by atoms with Crippen molar-refractivity contribution in [3.05, 3.63) is 71.7 Å². The minimum atomic E-state index is -1.28. The van der Waals surface area contributed by atoms with E-state index >= 15 is 0 Å². The summed E-state index contributed by atoms with van der Waals surface area (Å²) in [4.78, 5) is 65.6. The maximum atomic E-state index is 13.5. The lowest BCUT2D eigenvalue weighted by Crippen LogP contribution is -2.52. The van der Waals surface area contributed by atoms with Gasteiger partial charge >= 0.3 is 18.1 Å². The Labute approximate surface area is 311 Å². The first kappa shape index (κ1) is 38.7. The summed E-state index contributed by atoms with van der Waals surface area (Å²) < 4.78 is 6.96. The van der Waals surface area contributed by atoms with E-state index in [0.29, 0.717) is 35.6 Å². The van der Waals surface area contributed by atoms with Gasteiger partial charge in [0.15, 0.2) is 5.65 Å². The third-order valence-electron chi connectivity index (χ3n) is 9.58. The summed E-state index contributed by atoms with van der Waals surface area (Å²) in [5, 5.41) is 36.7. The highest BCUT2D eigenvalue weighted by Crippen LogP contribution is 2.30. The molecule has 5 rings (SSSR count). The quantitative estimate of drug-likeness (QED) is 0.188. The van der Waals surface area contributed by atoms with Crippen LogP contribution in [0.5, 0.6) is 5.75 Å². The number of carboxylic acids is 1. The third-order valence-corrected chi connectivity index (χ3v) is 9.58. The molecule has 2 N–H and O–H groups in total. The standard InChI is InChI=1S/C37H42N10O7/c1-23-11-14-46(32(49)10-13-38)20-30(23)45(5)33-28-12-15-47(34(28)40-22-39-33)36(52)43(3)16-17-44(4)37(53)54-21-25-6-7-26(18-24(25)2)41-42-27-8-9-31(48)29(19-27)35(50)51/h6-9,12,15,18-19,22-23,30,48H,10-11,14,16-17,20-21H2,1-5H3,(H,50,51)/t23-,30+/m1/s1. The van der Waals surface area contributed by atoms with Gasteiger partial charge in [-0.05, 0) is 66.8 Å². The Kier molecular flexibility index (Phi) is 12.1. The van der Waals surface area contributed by atoms with Gasteiger partial charge in [0.05, 0.1) is 28.9 Å². The molecule has 2 aromatic heterocycles. The highest BCUT2D eigenvalue weighted by molar-refractivity contribution is 5.95. The predicted octanol–water partition coefficient (Wildman–Crippen LogP) is 5.31. The Morgan fingerprint density at radius 2 is 1.72 bits per heavy atom. The number of aromatic hydroxyl groups is 1. The Bertz CT molecular complexity index is 2130. The van der Waals surface area contributed by atoms with E-state index in [1.165, 1.54) is 38.9 Å². The lowest BCUT2D eigenvalue weighted by molar-refractivity contribution is -0.131. The molecule has 4 aromatic rings. The van der Waals surface area contributed by atoms with Crippen molar-refractivity contribution in [2.45, 2.75) is 39.3 Å².